The molecular formula is C19H19N3O3S. The SMILES string of the molecule is Cc1ccc2c(c1)CCc1sc(C)nc1C2(O)c1cn(C)c(=O)[nH]c1=O. The van der Waals surface area contributed by atoms with E-state index in [-0.39, 0.29) is 5.56 Å². The van der Waals surface area contributed by atoms with E-state index in [2.05, 4.69) is 9.97 Å². The third-order valence-electron chi connectivity index (χ3n) is 4.92. The summed E-state index contributed by atoms with van der Waals surface area (Å²) in [4.78, 5) is 32.3. The van der Waals surface area contributed by atoms with Crippen LogP contribution in [0, 0.1) is 13.8 Å². The smallest absolute Gasteiger partial charge is 0.328 e. The maximum atomic E-state index is 12.6. The number of nitrogens with one attached hydrogen (secondary N) is 1. The Balaban J connectivity index is 2.13. The maximum Gasteiger partial charge on any atom is 0.328 e. The molecule has 0 fully saturated rings. The molecule has 0 aliphatic heterocycles. The van der Waals surface area contributed by atoms with Gasteiger partial charge in [0.1, 0.15) is 0 Å². The maximum absolute atomic E-state index is 12.6. The van der Waals surface area contributed by atoms with Gasteiger partial charge in [0.2, 0.25) is 0 Å². The zero-order valence-electron chi connectivity index (χ0n) is 14.8. The quantitative estimate of drug-likeness (QED) is 0.681. The molecule has 0 saturated carbocycles. The van der Waals surface area contributed by atoms with E-state index in [1.165, 1.54) is 22.1 Å². The molecule has 2 heterocycles. The first kappa shape index (κ1) is 16.9. The van der Waals surface area contributed by atoms with Crippen molar-refractivity contribution in [3.63, 3.8) is 0 Å². The van der Waals surface area contributed by atoms with Crippen LogP contribution in [0.1, 0.15) is 37.8 Å². The summed E-state index contributed by atoms with van der Waals surface area (Å²) in [6.07, 6.45) is 2.93. The highest BCUT2D eigenvalue weighted by Crippen LogP contribution is 2.42. The zero-order valence-corrected chi connectivity index (χ0v) is 15.6. The number of hydrogen-bond acceptors (Lipinski definition) is 5. The number of H-pyrrole nitrogens is 1. The number of thiazole rings is 1. The molecule has 1 atom stereocenters. The summed E-state index contributed by atoms with van der Waals surface area (Å²) in [5, 5.41) is 12.8. The second-order valence-corrected chi connectivity index (χ2v) is 8.08. The van der Waals surface area contributed by atoms with Gasteiger partial charge in [-0.25, -0.2) is 9.78 Å². The number of fused-ring (bicyclic) bond motifs is 2. The van der Waals surface area contributed by atoms with Crippen molar-refractivity contribution in [3.8, 4) is 0 Å². The van der Waals surface area contributed by atoms with Crippen molar-refractivity contribution in [3.05, 3.63) is 83.1 Å². The summed E-state index contributed by atoms with van der Waals surface area (Å²) < 4.78 is 1.27. The summed E-state index contributed by atoms with van der Waals surface area (Å²) in [5.74, 6) is 0. The Kier molecular flexibility index (Phi) is 3.75. The first-order valence-corrected chi connectivity index (χ1v) is 9.22. The van der Waals surface area contributed by atoms with Crippen LogP contribution < -0.4 is 11.2 Å². The van der Waals surface area contributed by atoms with Crippen LogP contribution in [0.2, 0.25) is 0 Å². The fraction of sp³-hybridized carbons (Fsp3) is 0.316. The molecular weight excluding hydrogens is 350 g/mol. The van der Waals surface area contributed by atoms with E-state index >= 15 is 0 Å². The predicted octanol–water partition coefficient (Wildman–Crippen LogP) is 1.53. The minimum absolute atomic E-state index is 0.109. The minimum Gasteiger partial charge on any atom is -0.374 e. The molecule has 1 aliphatic rings. The lowest BCUT2D eigenvalue weighted by molar-refractivity contribution is 0.118. The van der Waals surface area contributed by atoms with Gasteiger partial charge < -0.3 is 9.67 Å². The van der Waals surface area contributed by atoms with Gasteiger partial charge in [0.25, 0.3) is 5.56 Å². The Bertz CT molecular complexity index is 1140. The van der Waals surface area contributed by atoms with Crippen molar-refractivity contribution in [1.29, 1.82) is 0 Å². The Morgan fingerprint density at radius 3 is 2.77 bits per heavy atom. The second-order valence-electron chi connectivity index (χ2n) is 6.79. The van der Waals surface area contributed by atoms with Crippen molar-refractivity contribution in [2.75, 3.05) is 0 Å². The third kappa shape index (κ3) is 2.39. The molecule has 1 unspecified atom stereocenters. The van der Waals surface area contributed by atoms with Crippen LogP contribution in [0.25, 0.3) is 0 Å². The van der Waals surface area contributed by atoms with Crippen molar-refractivity contribution in [2.45, 2.75) is 32.3 Å². The number of benzene rings is 1. The normalized spacial score (nSPS) is 18.9. The van der Waals surface area contributed by atoms with Crippen LogP contribution >= 0.6 is 11.3 Å². The molecule has 4 rings (SSSR count). The minimum atomic E-state index is -1.70. The van der Waals surface area contributed by atoms with E-state index in [9.17, 15) is 14.7 Å². The van der Waals surface area contributed by atoms with Crippen LogP contribution in [-0.4, -0.2) is 19.6 Å². The van der Waals surface area contributed by atoms with Gasteiger partial charge in [0.15, 0.2) is 5.60 Å². The summed E-state index contributed by atoms with van der Waals surface area (Å²) in [6, 6.07) is 5.82. The summed E-state index contributed by atoms with van der Waals surface area (Å²) in [7, 11) is 1.55. The number of aliphatic hydroxyl groups is 1. The Hall–Kier alpha value is -2.51. The van der Waals surface area contributed by atoms with Crippen LogP contribution in [0.5, 0.6) is 0 Å². The van der Waals surface area contributed by atoms with Crippen LogP contribution in [0.3, 0.4) is 0 Å². The highest BCUT2D eigenvalue weighted by molar-refractivity contribution is 7.11. The summed E-state index contributed by atoms with van der Waals surface area (Å²) in [5.41, 5.74) is 0.522. The molecule has 134 valence electrons. The molecule has 7 heteroatoms. The molecule has 2 N–H and O–H groups in total. The molecule has 0 amide bonds. The van der Waals surface area contributed by atoms with Gasteiger partial charge in [-0.3, -0.25) is 9.78 Å². The monoisotopic (exact) mass is 369 g/mol. The van der Waals surface area contributed by atoms with Crippen molar-refractivity contribution < 1.29 is 5.11 Å². The van der Waals surface area contributed by atoms with Gasteiger partial charge in [0, 0.05) is 18.1 Å². The van der Waals surface area contributed by atoms with Crippen LogP contribution in [-0.2, 0) is 25.5 Å². The Morgan fingerprint density at radius 2 is 2.00 bits per heavy atom. The fourth-order valence-corrected chi connectivity index (χ4v) is 4.66. The van der Waals surface area contributed by atoms with Gasteiger partial charge >= 0.3 is 5.69 Å². The van der Waals surface area contributed by atoms with E-state index in [0.717, 1.165) is 33.9 Å². The molecule has 2 aromatic heterocycles. The average Bonchev–Trinajstić information content (AvgIpc) is 2.92. The van der Waals surface area contributed by atoms with Crippen LogP contribution in [0.15, 0.2) is 34.0 Å². The molecule has 1 aliphatic carbocycles. The predicted molar refractivity (Wildman–Crippen MR) is 99.8 cm³/mol. The Labute approximate surface area is 153 Å². The van der Waals surface area contributed by atoms with Gasteiger partial charge in [-0.05, 0) is 37.8 Å². The number of hydrogen-bond donors (Lipinski definition) is 2. The highest BCUT2D eigenvalue weighted by Gasteiger charge is 2.44. The number of rotatable bonds is 1. The fourth-order valence-electron chi connectivity index (χ4n) is 3.67. The lowest BCUT2D eigenvalue weighted by Gasteiger charge is -2.28. The summed E-state index contributed by atoms with van der Waals surface area (Å²) >= 11 is 1.54. The average molecular weight is 369 g/mol. The zero-order chi connectivity index (χ0) is 18.6. The van der Waals surface area contributed by atoms with E-state index in [4.69, 9.17) is 0 Å². The van der Waals surface area contributed by atoms with Crippen LogP contribution in [0.4, 0.5) is 0 Å². The van der Waals surface area contributed by atoms with E-state index in [0.29, 0.717) is 11.3 Å². The highest BCUT2D eigenvalue weighted by atomic mass is 32.1. The van der Waals surface area contributed by atoms with Crippen molar-refractivity contribution >= 4 is 11.3 Å². The molecule has 6 nitrogen and oxygen atoms in total. The molecule has 26 heavy (non-hydrogen) atoms. The van der Waals surface area contributed by atoms with Crippen molar-refractivity contribution in [1.82, 2.24) is 14.5 Å². The van der Waals surface area contributed by atoms with E-state index in [1.54, 1.807) is 7.05 Å². The largest absolute Gasteiger partial charge is 0.374 e. The number of aromatic amines is 1. The molecule has 0 saturated heterocycles. The lowest BCUT2D eigenvalue weighted by atomic mass is 9.82. The van der Waals surface area contributed by atoms with Gasteiger partial charge in [-0.15, -0.1) is 11.3 Å². The topological polar surface area (TPSA) is 88.0 Å². The number of nitrogens with zero attached hydrogens (tertiary/aromatic N) is 2. The molecule has 1 aromatic carbocycles. The first-order chi connectivity index (χ1) is 12.3. The lowest BCUT2D eigenvalue weighted by Crippen LogP contribution is -2.41. The Morgan fingerprint density at radius 1 is 1.23 bits per heavy atom. The van der Waals surface area contributed by atoms with E-state index < -0.39 is 16.9 Å². The molecule has 0 radical (unpaired) electrons. The second kappa shape index (κ2) is 5.75. The molecule has 0 spiro atoms. The van der Waals surface area contributed by atoms with Gasteiger partial charge in [0.05, 0.1) is 16.3 Å². The number of aromatic nitrogens is 3. The first-order valence-electron chi connectivity index (χ1n) is 8.40. The van der Waals surface area contributed by atoms with Gasteiger partial charge in [-0.1, -0.05) is 23.8 Å². The van der Waals surface area contributed by atoms with Crippen molar-refractivity contribution in [2.24, 2.45) is 7.05 Å². The van der Waals surface area contributed by atoms with E-state index in [1.807, 2.05) is 32.0 Å². The van der Waals surface area contributed by atoms with Gasteiger partial charge in [-0.2, -0.15) is 0 Å². The number of aryl methyl sites for hydroxylation is 5. The standard InChI is InChI=1S/C19H19N3O3S/c1-10-4-6-13-12(8-10)5-7-15-16(20-11(2)26-15)19(13,25)14-9-22(3)18(24)21-17(14)23/h4,6,8-9,25H,5,7H2,1-3H3,(H,21,23,24). The summed E-state index contributed by atoms with van der Waals surface area (Å²) in [6.45, 7) is 3.89. The third-order valence-corrected chi connectivity index (χ3v) is 5.95. The molecule has 0 bridgehead atoms. The molecule has 3 aromatic rings.